The molecule has 0 heterocycles. The molecule has 0 fully saturated rings. The minimum Gasteiger partial charge on any atom is -0.465 e. The second kappa shape index (κ2) is 6.38. The third-order valence-corrected chi connectivity index (χ3v) is 2.69. The lowest BCUT2D eigenvalue weighted by molar-refractivity contribution is -0.160. The fourth-order valence-corrected chi connectivity index (χ4v) is 1.55. The summed E-state index contributed by atoms with van der Waals surface area (Å²) < 4.78 is 31.8. The van der Waals surface area contributed by atoms with Crippen molar-refractivity contribution in [1.82, 2.24) is 0 Å². The van der Waals surface area contributed by atoms with E-state index in [4.69, 9.17) is 0 Å². The van der Waals surface area contributed by atoms with Crippen LogP contribution < -0.4 is 0 Å². The number of methoxy groups -OCH3 is 1. The number of carbonyl (C=O) groups excluding carboxylic acids is 2. The molecule has 20 heavy (non-hydrogen) atoms. The van der Waals surface area contributed by atoms with Gasteiger partial charge < -0.3 is 9.84 Å². The lowest BCUT2D eigenvalue weighted by Crippen LogP contribution is -2.35. The van der Waals surface area contributed by atoms with Crippen molar-refractivity contribution in [3.05, 3.63) is 48.0 Å². The number of ether oxygens (including phenoxy) is 1. The molecule has 0 aliphatic rings. The van der Waals surface area contributed by atoms with Gasteiger partial charge in [-0.05, 0) is 17.7 Å². The number of halogens is 2. The topological polar surface area (TPSA) is 63.6 Å². The van der Waals surface area contributed by atoms with Gasteiger partial charge in [0, 0.05) is 6.42 Å². The Morgan fingerprint density at radius 1 is 1.40 bits per heavy atom. The number of hydrogen-bond donors (Lipinski definition) is 1. The van der Waals surface area contributed by atoms with Crippen molar-refractivity contribution in [1.29, 1.82) is 0 Å². The highest BCUT2D eigenvalue weighted by Gasteiger charge is 2.45. The van der Waals surface area contributed by atoms with E-state index in [1.165, 1.54) is 19.2 Å². The van der Waals surface area contributed by atoms with Crippen LogP contribution in [0.3, 0.4) is 0 Å². The Morgan fingerprint density at radius 3 is 2.40 bits per heavy atom. The highest BCUT2D eigenvalue weighted by molar-refractivity contribution is 5.89. The predicted molar refractivity (Wildman–Crippen MR) is 67.5 cm³/mol. The maximum absolute atomic E-state index is 13.7. The SMILES string of the molecule is C=CCC(=O)C(F)(F)C(O)c1ccc(C(=O)OC)cc1. The van der Waals surface area contributed by atoms with Gasteiger partial charge in [-0.2, -0.15) is 8.78 Å². The smallest absolute Gasteiger partial charge is 0.337 e. The molecule has 6 heteroatoms. The zero-order valence-electron chi connectivity index (χ0n) is 10.8. The number of carbonyl (C=O) groups is 2. The van der Waals surface area contributed by atoms with Crippen LogP contribution in [0.25, 0.3) is 0 Å². The quantitative estimate of drug-likeness (QED) is 0.643. The van der Waals surface area contributed by atoms with Crippen molar-refractivity contribution >= 4 is 11.8 Å². The largest absolute Gasteiger partial charge is 0.465 e. The first-order chi connectivity index (χ1) is 9.34. The minimum absolute atomic E-state index is 0.157. The molecule has 0 aliphatic heterocycles. The van der Waals surface area contributed by atoms with Gasteiger partial charge in [0.1, 0.15) is 6.10 Å². The number of aliphatic hydroxyl groups is 1. The Labute approximate surface area is 114 Å². The summed E-state index contributed by atoms with van der Waals surface area (Å²) in [5, 5.41) is 9.61. The molecule has 0 saturated carbocycles. The highest BCUT2D eigenvalue weighted by atomic mass is 19.3. The van der Waals surface area contributed by atoms with Gasteiger partial charge >= 0.3 is 11.9 Å². The van der Waals surface area contributed by atoms with E-state index in [1.54, 1.807) is 0 Å². The third kappa shape index (κ3) is 3.27. The average molecular weight is 284 g/mol. The van der Waals surface area contributed by atoms with Crippen molar-refractivity contribution < 1.29 is 28.2 Å². The van der Waals surface area contributed by atoms with Gasteiger partial charge in [-0.1, -0.05) is 18.2 Å². The van der Waals surface area contributed by atoms with Crippen LogP contribution in [0.4, 0.5) is 8.78 Å². The van der Waals surface area contributed by atoms with Gasteiger partial charge in [0.25, 0.3) is 0 Å². The van der Waals surface area contributed by atoms with Crippen molar-refractivity contribution in [3.63, 3.8) is 0 Å². The fourth-order valence-electron chi connectivity index (χ4n) is 1.55. The molecule has 1 aromatic carbocycles. The standard InChI is InChI=1S/C14H14F2O4/c1-3-4-11(17)14(15,16)12(18)9-5-7-10(8-6-9)13(19)20-2/h3,5-8,12,18H,1,4H2,2H3. The van der Waals surface area contributed by atoms with Crippen LogP contribution in [0.15, 0.2) is 36.9 Å². The molecule has 0 amide bonds. The lowest BCUT2D eigenvalue weighted by Gasteiger charge is -2.21. The van der Waals surface area contributed by atoms with E-state index in [0.717, 1.165) is 18.2 Å². The molecule has 0 saturated heterocycles. The van der Waals surface area contributed by atoms with Crippen LogP contribution >= 0.6 is 0 Å². The summed E-state index contributed by atoms with van der Waals surface area (Å²) >= 11 is 0. The second-order valence-corrected chi connectivity index (χ2v) is 4.06. The van der Waals surface area contributed by atoms with Gasteiger partial charge in [0.05, 0.1) is 12.7 Å². The van der Waals surface area contributed by atoms with Crippen molar-refractivity contribution in [2.75, 3.05) is 7.11 Å². The number of alkyl halides is 2. The van der Waals surface area contributed by atoms with E-state index in [9.17, 15) is 23.5 Å². The summed E-state index contributed by atoms with van der Waals surface area (Å²) in [6.07, 6.45) is -1.77. The van der Waals surface area contributed by atoms with Crippen molar-refractivity contribution in [2.24, 2.45) is 0 Å². The van der Waals surface area contributed by atoms with E-state index in [2.05, 4.69) is 11.3 Å². The zero-order chi connectivity index (χ0) is 15.3. The highest BCUT2D eigenvalue weighted by Crippen LogP contribution is 2.33. The number of allylic oxidation sites excluding steroid dienone is 1. The summed E-state index contributed by atoms with van der Waals surface area (Å²) in [6.45, 7) is 3.20. The number of benzene rings is 1. The number of aliphatic hydroxyl groups excluding tert-OH is 1. The van der Waals surface area contributed by atoms with Crippen LogP contribution in [0.1, 0.15) is 28.4 Å². The maximum Gasteiger partial charge on any atom is 0.337 e. The molecule has 1 unspecified atom stereocenters. The van der Waals surface area contributed by atoms with Crippen molar-refractivity contribution in [3.8, 4) is 0 Å². The Balaban J connectivity index is 2.97. The summed E-state index contributed by atoms with van der Waals surface area (Å²) in [5.41, 5.74) is -0.00995. The summed E-state index contributed by atoms with van der Waals surface area (Å²) in [5.74, 6) is -5.96. The van der Waals surface area contributed by atoms with Crippen molar-refractivity contribution in [2.45, 2.75) is 18.4 Å². The number of ketones is 1. The number of esters is 1. The first kappa shape index (κ1) is 16.0. The average Bonchev–Trinajstić information content (AvgIpc) is 2.46. The number of rotatable bonds is 6. The van der Waals surface area contributed by atoms with Crippen LogP contribution in [0, 0.1) is 0 Å². The first-order valence-electron chi connectivity index (χ1n) is 5.73. The molecule has 0 spiro atoms. The van der Waals surface area contributed by atoms with Crippen LogP contribution in [-0.4, -0.2) is 29.9 Å². The number of Topliss-reactive ketones (excluding diaryl/α,β-unsaturated/α-hetero) is 1. The van der Waals surface area contributed by atoms with Gasteiger partial charge in [0.2, 0.25) is 5.78 Å². The molecule has 0 aliphatic carbocycles. The molecule has 0 bridgehead atoms. The van der Waals surface area contributed by atoms with E-state index in [-0.39, 0.29) is 11.1 Å². The summed E-state index contributed by atoms with van der Waals surface area (Å²) in [7, 11) is 1.19. The van der Waals surface area contributed by atoms with E-state index in [0.29, 0.717) is 0 Å². The maximum atomic E-state index is 13.7. The van der Waals surface area contributed by atoms with Crippen LogP contribution in [0.5, 0.6) is 0 Å². The summed E-state index contributed by atoms with van der Waals surface area (Å²) in [4.78, 5) is 22.4. The third-order valence-electron chi connectivity index (χ3n) is 2.69. The number of hydrogen-bond acceptors (Lipinski definition) is 4. The molecule has 1 atom stereocenters. The van der Waals surface area contributed by atoms with E-state index < -0.39 is 30.2 Å². The Hall–Kier alpha value is -2.08. The van der Waals surface area contributed by atoms with Gasteiger partial charge in [-0.25, -0.2) is 4.79 Å². The monoisotopic (exact) mass is 284 g/mol. The van der Waals surface area contributed by atoms with Gasteiger partial charge in [0.15, 0.2) is 0 Å². The summed E-state index contributed by atoms with van der Waals surface area (Å²) in [6, 6.07) is 4.76. The Bertz CT molecular complexity index is 508. The molecular weight excluding hydrogens is 270 g/mol. The first-order valence-corrected chi connectivity index (χ1v) is 5.73. The second-order valence-electron chi connectivity index (χ2n) is 4.06. The molecule has 4 nitrogen and oxygen atoms in total. The lowest BCUT2D eigenvalue weighted by atomic mass is 9.98. The predicted octanol–water partition coefficient (Wildman–Crippen LogP) is 2.29. The van der Waals surface area contributed by atoms with Gasteiger partial charge in [-0.3, -0.25) is 4.79 Å². The van der Waals surface area contributed by atoms with Gasteiger partial charge in [-0.15, -0.1) is 6.58 Å². The Morgan fingerprint density at radius 2 is 1.95 bits per heavy atom. The van der Waals surface area contributed by atoms with Crippen LogP contribution in [-0.2, 0) is 9.53 Å². The zero-order valence-corrected chi connectivity index (χ0v) is 10.8. The minimum atomic E-state index is -3.92. The molecule has 0 aromatic heterocycles. The molecule has 1 aromatic rings. The fraction of sp³-hybridized carbons (Fsp3) is 0.286. The molecule has 1 N–H and O–H groups in total. The van der Waals surface area contributed by atoms with E-state index in [1.807, 2.05) is 0 Å². The molecule has 1 rings (SSSR count). The Kier molecular flexibility index (Phi) is 5.10. The normalized spacial score (nSPS) is 12.6. The molecule has 0 radical (unpaired) electrons. The molecule has 108 valence electrons. The van der Waals surface area contributed by atoms with E-state index >= 15 is 0 Å². The molecular formula is C14H14F2O4. The van der Waals surface area contributed by atoms with Crippen LogP contribution in [0.2, 0.25) is 0 Å².